The van der Waals surface area contributed by atoms with Crippen LogP contribution in [0, 0.1) is 0 Å². The molecule has 6 heteroatoms. The summed E-state index contributed by atoms with van der Waals surface area (Å²) in [5, 5.41) is 6.42. The van der Waals surface area contributed by atoms with Gasteiger partial charge in [-0.05, 0) is 52.0 Å². The number of carbonyl (C=O) groups is 1. The van der Waals surface area contributed by atoms with Gasteiger partial charge in [-0.3, -0.25) is 4.79 Å². The highest BCUT2D eigenvalue weighted by Crippen LogP contribution is 2.19. The minimum atomic E-state index is -0.180. The molecule has 1 aromatic heterocycles. The molecule has 2 N–H and O–H groups in total. The number of amides is 1. The van der Waals surface area contributed by atoms with Crippen molar-refractivity contribution in [2.75, 3.05) is 24.5 Å². The Labute approximate surface area is 167 Å². The number of pyridine rings is 1. The van der Waals surface area contributed by atoms with Crippen LogP contribution in [0.3, 0.4) is 0 Å². The van der Waals surface area contributed by atoms with Crippen LogP contribution in [0.5, 0.6) is 0 Å². The van der Waals surface area contributed by atoms with Gasteiger partial charge >= 0.3 is 0 Å². The van der Waals surface area contributed by atoms with Crippen molar-refractivity contribution in [3.05, 3.63) is 72.0 Å². The lowest BCUT2D eigenvalue weighted by molar-refractivity contribution is 0.0966. The predicted molar refractivity (Wildman–Crippen MR) is 114 cm³/mol. The second kappa shape index (κ2) is 8.02. The second-order valence-electron chi connectivity index (χ2n) is 8.11. The van der Waals surface area contributed by atoms with E-state index >= 15 is 0 Å². The summed E-state index contributed by atoms with van der Waals surface area (Å²) < 4.78 is 0. The van der Waals surface area contributed by atoms with Gasteiger partial charge in [0, 0.05) is 49.5 Å². The molecule has 0 unspecified atom stereocenters. The summed E-state index contributed by atoms with van der Waals surface area (Å²) in [4.78, 5) is 21.3. The SMILES string of the molecule is C=C1C=CC(NC(=O)c2ccc(N3CCNC(C)(C)C3)nc2)=CN1C=C(C)C. The zero-order valence-corrected chi connectivity index (χ0v) is 17.1. The van der Waals surface area contributed by atoms with Crippen molar-refractivity contribution < 1.29 is 4.79 Å². The summed E-state index contributed by atoms with van der Waals surface area (Å²) in [6.07, 6.45) is 9.20. The molecular weight excluding hydrogens is 350 g/mol. The van der Waals surface area contributed by atoms with E-state index in [2.05, 4.69) is 40.9 Å². The van der Waals surface area contributed by atoms with Gasteiger partial charge in [-0.15, -0.1) is 0 Å². The number of hydrogen-bond donors (Lipinski definition) is 2. The summed E-state index contributed by atoms with van der Waals surface area (Å²) in [5.41, 5.74) is 3.29. The fraction of sp³-hybridized carbons (Fsp3) is 0.364. The van der Waals surface area contributed by atoms with Crippen molar-refractivity contribution in [1.29, 1.82) is 0 Å². The third-order valence-electron chi connectivity index (χ3n) is 4.63. The maximum absolute atomic E-state index is 12.6. The number of nitrogens with zero attached hydrogens (tertiary/aromatic N) is 3. The number of anilines is 1. The van der Waals surface area contributed by atoms with E-state index in [1.165, 1.54) is 0 Å². The first-order valence-electron chi connectivity index (χ1n) is 9.53. The van der Waals surface area contributed by atoms with Crippen molar-refractivity contribution in [3.8, 4) is 0 Å². The molecule has 1 amide bonds. The highest BCUT2D eigenvalue weighted by atomic mass is 16.1. The molecule has 0 aliphatic carbocycles. The van der Waals surface area contributed by atoms with Crippen LogP contribution in [0.4, 0.5) is 5.82 Å². The van der Waals surface area contributed by atoms with Gasteiger partial charge in [0.25, 0.3) is 5.91 Å². The van der Waals surface area contributed by atoms with Gasteiger partial charge in [-0.2, -0.15) is 0 Å². The van der Waals surface area contributed by atoms with Crippen molar-refractivity contribution in [2.45, 2.75) is 33.2 Å². The number of aromatic nitrogens is 1. The Hall–Kier alpha value is -2.86. The van der Waals surface area contributed by atoms with Gasteiger partial charge in [0.1, 0.15) is 5.82 Å². The molecule has 2 aliphatic rings. The number of carbonyl (C=O) groups excluding carboxylic acids is 1. The van der Waals surface area contributed by atoms with Crippen LogP contribution >= 0.6 is 0 Å². The number of hydrogen-bond acceptors (Lipinski definition) is 5. The monoisotopic (exact) mass is 379 g/mol. The smallest absolute Gasteiger partial charge is 0.257 e. The molecule has 1 saturated heterocycles. The van der Waals surface area contributed by atoms with Gasteiger partial charge in [-0.25, -0.2) is 4.98 Å². The second-order valence-corrected chi connectivity index (χ2v) is 8.11. The molecule has 28 heavy (non-hydrogen) atoms. The highest BCUT2D eigenvalue weighted by Gasteiger charge is 2.26. The summed E-state index contributed by atoms with van der Waals surface area (Å²) in [6.45, 7) is 15.1. The Morgan fingerprint density at radius 3 is 2.75 bits per heavy atom. The first-order chi connectivity index (χ1) is 13.2. The average molecular weight is 380 g/mol. The predicted octanol–water partition coefficient (Wildman–Crippen LogP) is 3.15. The number of piperazine rings is 1. The third kappa shape index (κ3) is 4.89. The van der Waals surface area contributed by atoms with Crippen molar-refractivity contribution in [1.82, 2.24) is 20.5 Å². The zero-order chi connectivity index (χ0) is 20.3. The van der Waals surface area contributed by atoms with Gasteiger partial charge in [0.15, 0.2) is 0 Å². The molecule has 0 aromatic carbocycles. The molecule has 1 aromatic rings. The van der Waals surface area contributed by atoms with Crippen molar-refractivity contribution >= 4 is 11.7 Å². The summed E-state index contributed by atoms with van der Waals surface area (Å²) in [5.74, 6) is 0.717. The lowest BCUT2D eigenvalue weighted by Crippen LogP contribution is -2.57. The summed E-state index contributed by atoms with van der Waals surface area (Å²) >= 11 is 0. The third-order valence-corrected chi connectivity index (χ3v) is 4.63. The molecule has 0 saturated carbocycles. The van der Waals surface area contributed by atoms with Crippen LogP contribution in [0.2, 0.25) is 0 Å². The molecule has 2 aliphatic heterocycles. The molecule has 6 nitrogen and oxygen atoms in total. The zero-order valence-electron chi connectivity index (χ0n) is 17.1. The van der Waals surface area contributed by atoms with E-state index in [4.69, 9.17) is 0 Å². The minimum Gasteiger partial charge on any atom is -0.354 e. The van der Waals surface area contributed by atoms with E-state index in [0.717, 1.165) is 36.7 Å². The van der Waals surface area contributed by atoms with Crippen LogP contribution in [-0.4, -0.2) is 41.0 Å². The van der Waals surface area contributed by atoms with Crippen LogP contribution < -0.4 is 15.5 Å². The Bertz CT molecular complexity index is 844. The number of rotatable bonds is 4. The lowest BCUT2D eigenvalue weighted by Gasteiger charge is -2.39. The highest BCUT2D eigenvalue weighted by molar-refractivity contribution is 5.95. The topological polar surface area (TPSA) is 60.5 Å². The maximum Gasteiger partial charge on any atom is 0.257 e. The van der Waals surface area contributed by atoms with E-state index in [0.29, 0.717) is 11.3 Å². The molecule has 0 radical (unpaired) electrons. The van der Waals surface area contributed by atoms with Gasteiger partial charge in [0.2, 0.25) is 0 Å². The normalized spacial score (nSPS) is 18.6. The fourth-order valence-corrected chi connectivity index (χ4v) is 3.27. The summed E-state index contributed by atoms with van der Waals surface area (Å²) in [6, 6.07) is 3.74. The van der Waals surface area contributed by atoms with Crippen molar-refractivity contribution in [2.24, 2.45) is 0 Å². The van der Waals surface area contributed by atoms with Gasteiger partial charge < -0.3 is 20.4 Å². The molecule has 1 fully saturated rings. The molecule has 3 rings (SSSR count). The van der Waals surface area contributed by atoms with E-state index in [9.17, 15) is 4.79 Å². The quantitative estimate of drug-likeness (QED) is 0.842. The van der Waals surface area contributed by atoms with Gasteiger partial charge in [-0.1, -0.05) is 12.2 Å². The molecular formula is C22H29N5O. The number of nitrogens with one attached hydrogen (secondary N) is 2. The molecule has 0 bridgehead atoms. The van der Waals surface area contributed by atoms with E-state index in [1.807, 2.05) is 55.4 Å². The maximum atomic E-state index is 12.6. The van der Waals surface area contributed by atoms with Crippen LogP contribution in [-0.2, 0) is 0 Å². The lowest BCUT2D eigenvalue weighted by atomic mass is 10.0. The Balaban J connectivity index is 1.67. The van der Waals surface area contributed by atoms with E-state index in [1.54, 1.807) is 6.20 Å². The first kappa shape index (κ1) is 19.9. The van der Waals surface area contributed by atoms with Gasteiger partial charge in [0.05, 0.1) is 11.3 Å². The molecule has 3 heterocycles. The Kier molecular flexibility index (Phi) is 5.70. The number of allylic oxidation sites excluding steroid dienone is 3. The molecule has 0 spiro atoms. The summed E-state index contributed by atoms with van der Waals surface area (Å²) in [7, 11) is 0. The Morgan fingerprint density at radius 1 is 1.32 bits per heavy atom. The largest absolute Gasteiger partial charge is 0.354 e. The standard InChI is InChI=1S/C22H29N5O/c1-16(2)13-27-14-19(8-6-17(27)3)25-21(28)18-7-9-20(23-12-18)26-11-10-24-22(4,5)15-26/h6-9,12-14,24H,3,10-11,15H2,1-2,4-5H3,(H,25,28). The van der Waals surface area contributed by atoms with Crippen LogP contribution in [0.15, 0.2) is 66.4 Å². The molecule has 148 valence electrons. The van der Waals surface area contributed by atoms with E-state index < -0.39 is 0 Å². The van der Waals surface area contributed by atoms with E-state index in [-0.39, 0.29) is 11.4 Å². The van der Waals surface area contributed by atoms with Crippen LogP contribution in [0.1, 0.15) is 38.1 Å². The first-order valence-corrected chi connectivity index (χ1v) is 9.53. The fourth-order valence-electron chi connectivity index (χ4n) is 3.27. The minimum absolute atomic E-state index is 0.0525. The average Bonchev–Trinajstić information content (AvgIpc) is 2.63. The molecule has 0 atom stereocenters. The van der Waals surface area contributed by atoms with Crippen molar-refractivity contribution in [3.63, 3.8) is 0 Å². The van der Waals surface area contributed by atoms with Crippen LogP contribution in [0.25, 0.3) is 0 Å². The Morgan fingerprint density at radius 2 is 2.11 bits per heavy atom.